The Kier molecular flexibility index (Phi) is 5.00. The van der Waals surface area contributed by atoms with Gasteiger partial charge in [0.05, 0.1) is 16.8 Å². The fraction of sp³-hybridized carbons (Fsp3) is 0.267. The molecule has 0 radical (unpaired) electrons. The van der Waals surface area contributed by atoms with Crippen molar-refractivity contribution in [3.8, 4) is 0 Å². The van der Waals surface area contributed by atoms with Crippen LogP contribution >= 0.6 is 15.9 Å². The predicted octanol–water partition coefficient (Wildman–Crippen LogP) is 3.91. The second-order valence-electron chi connectivity index (χ2n) is 4.83. The number of hydrogen-bond donors (Lipinski definition) is 1. The molecule has 0 amide bonds. The Morgan fingerprint density at radius 3 is 2.48 bits per heavy atom. The Morgan fingerprint density at radius 2 is 1.90 bits per heavy atom. The minimum Gasteiger partial charge on any atom is -0.278 e. The van der Waals surface area contributed by atoms with Crippen LogP contribution in [0.1, 0.15) is 24.5 Å². The van der Waals surface area contributed by atoms with E-state index in [-0.39, 0.29) is 4.90 Å². The monoisotopic (exact) mass is 368 g/mol. The fourth-order valence-electron chi connectivity index (χ4n) is 1.95. The molecule has 0 bridgehead atoms. The van der Waals surface area contributed by atoms with Crippen molar-refractivity contribution in [1.29, 1.82) is 0 Å². The molecule has 4 nitrogen and oxygen atoms in total. The first-order chi connectivity index (χ1) is 9.92. The number of pyridine rings is 1. The SMILES string of the molecule is CCCc1ccc(S(=O)(=O)Nc2cnc(Br)c(C)c2)cc1. The van der Waals surface area contributed by atoms with Gasteiger partial charge in [-0.1, -0.05) is 25.5 Å². The molecule has 1 aromatic heterocycles. The number of halogens is 1. The van der Waals surface area contributed by atoms with Crippen molar-refractivity contribution in [3.05, 3.63) is 52.3 Å². The van der Waals surface area contributed by atoms with E-state index in [1.54, 1.807) is 18.2 Å². The Labute approximate surface area is 133 Å². The average Bonchev–Trinajstić information content (AvgIpc) is 2.44. The number of benzene rings is 1. The van der Waals surface area contributed by atoms with Gasteiger partial charge in [0.25, 0.3) is 10.0 Å². The van der Waals surface area contributed by atoms with Crippen LogP contribution in [0.5, 0.6) is 0 Å². The van der Waals surface area contributed by atoms with Crippen molar-refractivity contribution >= 4 is 31.6 Å². The van der Waals surface area contributed by atoms with Crippen molar-refractivity contribution in [2.75, 3.05) is 4.72 Å². The molecule has 1 N–H and O–H groups in total. The summed E-state index contributed by atoms with van der Waals surface area (Å²) in [7, 11) is -3.58. The van der Waals surface area contributed by atoms with Gasteiger partial charge in [-0.15, -0.1) is 0 Å². The lowest BCUT2D eigenvalue weighted by Crippen LogP contribution is -2.13. The van der Waals surface area contributed by atoms with E-state index in [4.69, 9.17) is 0 Å². The molecule has 0 spiro atoms. The van der Waals surface area contributed by atoms with E-state index in [1.165, 1.54) is 6.20 Å². The number of aromatic nitrogens is 1. The first kappa shape index (κ1) is 16.0. The highest BCUT2D eigenvalue weighted by atomic mass is 79.9. The third kappa shape index (κ3) is 4.04. The standard InChI is InChI=1S/C15H17BrN2O2S/c1-3-4-12-5-7-14(8-6-12)21(19,20)18-13-9-11(2)15(16)17-10-13/h5-10,18H,3-4H2,1-2H3. The van der Waals surface area contributed by atoms with Crippen LogP contribution in [0.15, 0.2) is 46.0 Å². The number of anilines is 1. The zero-order valence-corrected chi connectivity index (χ0v) is 14.3. The van der Waals surface area contributed by atoms with E-state index < -0.39 is 10.0 Å². The van der Waals surface area contributed by atoms with Gasteiger partial charge >= 0.3 is 0 Å². The molecule has 0 fully saturated rings. The van der Waals surface area contributed by atoms with E-state index in [1.807, 2.05) is 19.1 Å². The lowest BCUT2D eigenvalue weighted by Gasteiger charge is -2.09. The molecule has 0 aliphatic rings. The molecule has 6 heteroatoms. The zero-order chi connectivity index (χ0) is 15.5. The Morgan fingerprint density at radius 1 is 1.24 bits per heavy atom. The van der Waals surface area contributed by atoms with Gasteiger partial charge in [-0.3, -0.25) is 4.72 Å². The first-order valence-corrected chi connectivity index (χ1v) is 8.94. The molecule has 2 rings (SSSR count). The largest absolute Gasteiger partial charge is 0.278 e. The molecule has 0 saturated heterocycles. The number of nitrogens with zero attached hydrogens (tertiary/aromatic N) is 1. The van der Waals surface area contributed by atoms with Gasteiger partial charge in [-0.25, -0.2) is 13.4 Å². The highest BCUT2D eigenvalue weighted by Gasteiger charge is 2.14. The van der Waals surface area contributed by atoms with Gasteiger partial charge in [0, 0.05) is 0 Å². The topological polar surface area (TPSA) is 59.1 Å². The molecule has 1 aromatic carbocycles. The maximum atomic E-state index is 12.3. The predicted molar refractivity (Wildman–Crippen MR) is 87.9 cm³/mol. The van der Waals surface area contributed by atoms with Crippen LogP contribution in [-0.4, -0.2) is 13.4 Å². The highest BCUT2D eigenvalue weighted by Crippen LogP contribution is 2.20. The number of nitrogens with one attached hydrogen (secondary N) is 1. The second-order valence-corrected chi connectivity index (χ2v) is 7.26. The fourth-order valence-corrected chi connectivity index (χ4v) is 3.20. The Balaban J connectivity index is 2.23. The minimum atomic E-state index is -3.58. The van der Waals surface area contributed by atoms with Crippen molar-refractivity contribution in [2.45, 2.75) is 31.6 Å². The Bertz CT molecular complexity index is 728. The van der Waals surface area contributed by atoms with Gasteiger partial charge in [-0.05, 0) is 58.6 Å². The maximum absolute atomic E-state index is 12.3. The van der Waals surface area contributed by atoms with Gasteiger partial charge < -0.3 is 0 Å². The van der Waals surface area contributed by atoms with E-state index in [2.05, 4.69) is 32.6 Å². The van der Waals surface area contributed by atoms with Crippen molar-refractivity contribution in [2.24, 2.45) is 0 Å². The van der Waals surface area contributed by atoms with Crippen LogP contribution in [0, 0.1) is 6.92 Å². The average molecular weight is 369 g/mol. The van der Waals surface area contributed by atoms with Crippen molar-refractivity contribution in [1.82, 2.24) is 4.98 Å². The molecule has 2 aromatic rings. The summed E-state index contributed by atoms with van der Waals surface area (Å²) in [6.07, 6.45) is 3.47. The quantitative estimate of drug-likeness (QED) is 0.813. The summed E-state index contributed by atoms with van der Waals surface area (Å²) in [5, 5.41) is 0. The third-order valence-corrected chi connectivity index (χ3v) is 5.27. The molecule has 0 unspecified atom stereocenters. The second kappa shape index (κ2) is 6.58. The summed E-state index contributed by atoms with van der Waals surface area (Å²) >= 11 is 3.29. The van der Waals surface area contributed by atoms with Gasteiger partial charge in [0.15, 0.2) is 0 Å². The van der Waals surface area contributed by atoms with E-state index in [9.17, 15) is 8.42 Å². The molecule has 0 aliphatic carbocycles. The third-order valence-electron chi connectivity index (χ3n) is 3.04. The van der Waals surface area contributed by atoms with E-state index >= 15 is 0 Å². The number of aryl methyl sites for hydroxylation is 2. The summed E-state index contributed by atoms with van der Waals surface area (Å²) in [5.41, 5.74) is 2.46. The van der Waals surface area contributed by atoms with Crippen molar-refractivity contribution < 1.29 is 8.42 Å². The highest BCUT2D eigenvalue weighted by molar-refractivity contribution is 9.10. The van der Waals surface area contributed by atoms with E-state index in [0.717, 1.165) is 24.0 Å². The molecule has 0 atom stereocenters. The van der Waals surface area contributed by atoms with Gasteiger partial charge in [0.2, 0.25) is 0 Å². The van der Waals surface area contributed by atoms with Gasteiger partial charge in [0.1, 0.15) is 4.60 Å². The molecule has 112 valence electrons. The van der Waals surface area contributed by atoms with Crippen LogP contribution < -0.4 is 4.72 Å². The molecular formula is C15H17BrN2O2S. The van der Waals surface area contributed by atoms with E-state index in [0.29, 0.717) is 10.3 Å². The molecule has 21 heavy (non-hydrogen) atoms. The summed E-state index contributed by atoms with van der Waals surface area (Å²) in [6.45, 7) is 3.95. The summed E-state index contributed by atoms with van der Waals surface area (Å²) in [4.78, 5) is 4.34. The lowest BCUT2D eigenvalue weighted by atomic mass is 10.1. The summed E-state index contributed by atoms with van der Waals surface area (Å²) in [6, 6.07) is 8.70. The maximum Gasteiger partial charge on any atom is 0.261 e. The molecule has 1 heterocycles. The number of rotatable bonds is 5. The Hall–Kier alpha value is -1.40. The van der Waals surface area contributed by atoms with Crippen LogP contribution in [0.2, 0.25) is 0 Å². The first-order valence-electron chi connectivity index (χ1n) is 6.66. The van der Waals surface area contributed by atoms with Crippen molar-refractivity contribution in [3.63, 3.8) is 0 Å². The number of sulfonamides is 1. The molecule has 0 saturated carbocycles. The van der Waals surface area contributed by atoms with Crippen LogP contribution in [-0.2, 0) is 16.4 Å². The minimum absolute atomic E-state index is 0.253. The summed E-state index contributed by atoms with van der Waals surface area (Å²) in [5.74, 6) is 0. The summed E-state index contributed by atoms with van der Waals surface area (Å²) < 4.78 is 27.9. The zero-order valence-electron chi connectivity index (χ0n) is 11.9. The van der Waals surface area contributed by atoms with Crippen LogP contribution in [0.3, 0.4) is 0 Å². The normalized spacial score (nSPS) is 11.4. The lowest BCUT2D eigenvalue weighted by molar-refractivity contribution is 0.601. The number of hydrogen-bond acceptors (Lipinski definition) is 3. The van der Waals surface area contributed by atoms with Crippen LogP contribution in [0.25, 0.3) is 0 Å². The smallest absolute Gasteiger partial charge is 0.261 e. The molecular weight excluding hydrogens is 352 g/mol. The van der Waals surface area contributed by atoms with Crippen LogP contribution in [0.4, 0.5) is 5.69 Å². The van der Waals surface area contributed by atoms with Gasteiger partial charge in [-0.2, -0.15) is 0 Å². The molecule has 0 aliphatic heterocycles.